The van der Waals surface area contributed by atoms with E-state index in [-0.39, 0.29) is 18.0 Å². The molecule has 2 aromatic carbocycles. The second-order valence-electron chi connectivity index (χ2n) is 6.41. The molecule has 0 aliphatic heterocycles. The first-order valence-electron chi connectivity index (χ1n) is 8.79. The lowest BCUT2D eigenvalue weighted by Crippen LogP contribution is -2.20. The minimum absolute atomic E-state index is 0.157. The van der Waals surface area contributed by atoms with E-state index in [0.29, 0.717) is 0 Å². The highest BCUT2D eigenvalue weighted by Gasteiger charge is 2.11. The molecule has 0 unspecified atom stereocenters. The molecule has 4 nitrogen and oxygen atoms in total. The zero-order valence-corrected chi connectivity index (χ0v) is 16.4. The van der Waals surface area contributed by atoms with Crippen molar-refractivity contribution in [3.8, 4) is 0 Å². The SMILES string of the molecule is CCc1ccc(N=c2scc(CC(=O)Nc3cc(C)ccc3F)n2C)cc1. The van der Waals surface area contributed by atoms with Crippen LogP contribution >= 0.6 is 11.3 Å². The molecule has 27 heavy (non-hydrogen) atoms. The molecule has 1 amide bonds. The highest BCUT2D eigenvalue weighted by atomic mass is 32.1. The van der Waals surface area contributed by atoms with Gasteiger partial charge in [0.05, 0.1) is 17.8 Å². The van der Waals surface area contributed by atoms with Gasteiger partial charge in [-0.1, -0.05) is 25.1 Å². The summed E-state index contributed by atoms with van der Waals surface area (Å²) >= 11 is 1.48. The van der Waals surface area contributed by atoms with Crippen molar-refractivity contribution in [2.24, 2.45) is 12.0 Å². The number of hydrogen-bond acceptors (Lipinski definition) is 3. The summed E-state index contributed by atoms with van der Waals surface area (Å²) in [4.78, 5) is 17.8. The molecule has 3 aromatic rings. The normalized spacial score (nSPS) is 11.6. The Labute approximate surface area is 162 Å². The predicted molar refractivity (Wildman–Crippen MR) is 108 cm³/mol. The summed E-state index contributed by atoms with van der Waals surface area (Å²) in [5.74, 6) is -0.693. The summed E-state index contributed by atoms with van der Waals surface area (Å²) in [6.45, 7) is 3.97. The van der Waals surface area contributed by atoms with E-state index in [0.717, 1.165) is 28.2 Å². The number of hydrogen-bond donors (Lipinski definition) is 1. The van der Waals surface area contributed by atoms with Crippen molar-refractivity contribution >= 4 is 28.6 Å². The Bertz CT molecular complexity index is 1020. The fourth-order valence-corrected chi connectivity index (χ4v) is 3.59. The van der Waals surface area contributed by atoms with Crippen molar-refractivity contribution in [1.29, 1.82) is 0 Å². The zero-order valence-electron chi connectivity index (χ0n) is 15.6. The van der Waals surface area contributed by atoms with Gasteiger partial charge in [0.2, 0.25) is 5.91 Å². The van der Waals surface area contributed by atoms with Crippen molar-refractivity contribution in [1.82, 2.24) is 4.57 Å². The van der Waals surface area contributed by atoms with Gasteiger partial charge in [-0.15, -0.1) is 11.3 Å². The van der Waals surface area contributed by atoms with Crippen molar-refractivity contribution in [2.45, 2.75) is 26.7 Å². The van der Waals surface area contributed by atoms with Crippen LogP contribution in [0, 0.1) is 12.7 Å². The lowest BCUT2D eigenvalue weighted by molar-refractivity contribution is -0.115. The van der Waals surface area contributed by atoms with E-state index in [9.17, 15) is 9.18 Å². The van der Waals surface area contributed by atoms with Crippen LogP contribution in [0.1, 0.15) is 23.7 Å². The molecule has 1 N–H and O–H groups in total. The van der Waals surface area contributed by atoms with E-state index in [1.165, 1.54) is 23.0 Å². The molecule has 0 saturated carbocycles. The van der Waals surface area contributed by atoms with Gasteiger partial charge in [0, 0.05) is 18.1 Å². The lowest BCUT2D eigenvalue weighted by Gasteiger charge is -2.08. The van der Waals surface area contributed by atoms with Crippen LogP contribution in [0.2, 0.25) is 0 Å². The summed E-state index contributed by atoms with van der Waals surface area (Å²) in [6.07, 6.45) is 1.15. The number of thiazole rings is 1. The number of aryl methyl sites for hydroxylation is 2. The highest BCUT2D eigenvalue weighted by Crippen LogP contribution is 2.17. The minimum atomic E-state index is -0.435. The van der Waals surface area contributed by atoms with E-state index in [4.69, 9.17) is 0 Å². The third-order valence-corrected chi connectivity index (χ3v) is 5.29. The third-order valence-electron chi connectivity index (χ3n) is 4.33. The van der Waals surface area contributed by atoms with Gasteiger partial charge in [-0.05, 0) is 48.7 Å². The molecule has 0 aliphatic carbocycles. The summed E-state index contributed by atoms with van der Waals surface area (Å²) in [6, 6.07) is 12.8. The first-order valence-corrected chi connectivity index (χ1v) is 9.67. The van der Waals surface area contributed by atoms with Crippen LogP contribution in [0.5, 0.6) is 0 Å². The Kier molecular flexibility index (Phi) is 5.86. The zero-order chi connectivity index (χ0) is 19.4. The number of nitrogens with one attached hydrogen (secondary N) is 1. The smallest absolute Gasteiger partial charge is 0.230 e. The van der Waals surface area contributed by atoms with Gasteiger partial charge in [0.25, 0.3) is 0 Å². The number of halogens is 1. The molecule has 0 bridgehead atoms. The molecule has 1 heterocycles. The molecule has 0 aliphatic rings. The number of benzene rings is 2. The van der Waals surface area contributed by atoms with Crippen LogP contribution in [0.15, 0.2) is 52.8 Å². The third kappa shape index (κ3) is 4.71. The number of rotatable bonds is 5. The van der Waals surface area contributed by atoms with Gasteiger partial charge < -0.3 is 9.88 Å². The Morgan fingerprint density at radius 3 is 2.67 bits per heavy atom. The highest BCUT2D eigenvalue weighted by molar-refractivity contribution is 7.07. The van der Waals surface area contributed by atoms with E-state index < -0.39 is 5.82 Å². The van der Waals surface area contributed by atoms with Crippen LogP contribution in [0.4, 0.5) is 15.8 Å². The van der Waals surface area contributed by atoms with Crippen LogP contribution in [-0.2, 0) is 24.7 Å². The van der Waals surface area contributed by atoms with E-state index in [1.807, 2.05) is 36.1 Å². The van der Waals surface area contributed by atoms with E-state index >= 15 is 0 Å². The standard InChI is InChI=1S/C21H22FN3OS/c1-4-15-6-8-16(9-7-15)23-21-25(3)17(13-27-21)12-20(26)24-19-11-14(2)5-10-18(19)22/h5-11,13H,4,12H2,1-3H3,(H,24,26). The summed E-state index contributed by atoms with van der Waals surface area (Å²) in [5.41, 5.74) is 4.07. The number of carbonyl (C=O) groups excluding carboxylic acids is 1. The molecule has 3 rings (SSSR count). The topological polar surface area (TPSA) is 46.4 Å². The van der Waals surface area contributed by atoms with Gasteiger partial charge in [-0.25, -0.2) is 9.38 Å². The van der Waals surface area contributed by atoms with Gasteiger partial charge in [-0.2, -0.15) is 0 Å². The molecule has 0 spiro atoms. The Morgan fingerprint density at radius 2 is 1.96 bits per heavy atom. The maximum Gasteiger partial charge on any atom is 0.230 e. The average molecular weight is 383 g/mol. The maximum absolute atomic E-state index is 13.8. The molecule has 0 saturated heterocycles. The van der Waals surface area contributed by atoms with Crippen molar-refractivity contribution in [3.63, 3.8) is 0 Å². The minimum Gasteiger partial charge on any atom is -0.323 e. The Morgan fingerprint density at radius 1 is 1.22 bits per heavy atom. The average Bonchev–Trinajstić information content (AvgIpc) is 2.98. The largest absolute Gasteiger partial charge is 0.323 e. The van der Waals surface area contributed by atoms with Gasteiger partial charge in [0.1, 0.15) is 5.82 Å². The Hall–Kier alpha value is -2.73. The maximum atomic E-state index is 13.8. The lowest BCUT2D eigenvalue weighted by atomic mass is 10.2. The number of amides is 1. The first kappa shape index (κ1) is 19.0. The van der Waals surface area contributed by atoms with Gasteiger partial charge in [-0.3, -0.25) is 4.79 Å². The Balaban J connectivity index is 1.75. The number of carbonyl (C=O) groups is 1. The molecule has 0 radical (unpaired) electrons. The molecule has 0 atom stereocenters. The van der Waals surface area contributed by atoms with Crippen molar-refractivity contribution in [3.05, 3.63) is 75.3 Å². The van der Waals surface area contributed by atoms with Gasteiger partial charge in [0.15, 0.2) is 4.80 Å². The molecule has 6 heteroatoms. The molecule has 1 aromatic heterocycles. The van der Waals surface area contributed by atoms with Crippen LogP contribution in [-0.4, -0.2) is 10.5 Å². The monoisotopic (exact) mass is 383 g/mol. The number of nitrogens with zero attached hydrogens (tertiary/aromatic N) is 2. The van der Waals surface area contributed by atoms with Crippen LogP contribution in [0.25, 0.3) is 0 Å². The predicted octanol–water partition coefficient (Wildman–Crippen LogP) is 4.51. The quantitative estimate of drug-likeness (QED) is 0.692. The van der Waals surface area contributed by atoms with Crippen molar-refractivity contribution in [2.75, 3.05) is 5.32 Å². The van der Waals surface area contributed by atoms with E-state index in [2.05, 4.69) is 29.4 Å². The molecular weight excluding hydrogens is 361 g/mol. The van der Waals surface area contributed by atoms with E-state index in [1.54, 1.807) is 12.1 Å². The number of aromatic nitrogens is 1. The fraction of sp³-hybridized carbons (Fsp3) is 0.238. The molecular formula is C21H22FN3OS. The van der Waals surface area contributed by atoms with Crippen LogP contribution in [0.3, 0.4) is 0 Å². The van der Waals surface area contributed by atoms with Crippen molar-refractivity contribution < 1.29 is 9.18 Å². The molecule has 0 fully saturated rings. The summed E-state index contributed by atoms with van der Waals surface area (Å²) in [5, 5.41) is 4.55. The fourth-order valence-electron chi connectivity index (χ4n) is 2.67. The summed E-state index contributed by atoms with van der Waals surface area (Å²) < 4.78 is 15.7. The number of anilines is 1. The van der Waals surface area contributed by atoms with Gasteiger partial charge >= 0.3 is 0 Å². The second-order valence-corrected chi connectivity index (χ2v) is 7.25. The van der Waals surface area contributed by atoms with Crippen LogP contribution < -0.4 is 10.1 Å². The summed E-state index contributed by atoms with van der Waals surface area (Å²) in [7, 11) is 1.88. The first-order chi connectivity index (χ1) is 13.0. The molecule has 140 valence electrons. The second kappa shape index (κ2) is 8.31.